The standard InChI is InChI=1S/C17H21BrFNS/c1-4-7-20-16(17-8-11(2)12(3)21-17)10-13-9-14(19)5-6-15(13)18/h5-6,8-9,16,20H,4,7,10H2,1-3H3. The summed E-state index contributed by atoms with van der Waals surface area (Å²) in [6.07, 6.45) is 1.88. The van der Waals surface area contributed by atoms with Crippen LogP contribution in [0.15, 0.2) is 28.7 Å². The third-order valence-electron chi connectivity index (χ3n) is 3.60. The highest BCUT2D eigenvalue weighted by Crippen LogP contribution is 2.30. The van der Waals surface area contributed by atoms with Crippen LogP contribution in [0.25, 0.3) is 0 Å². The van der Waals surface area contributed by atoms with Crippen LogP contribution in [-0.2, 0) is 6.42 Å². The van der Waals surface area contributed by atoms with E-state index in [2.05, 4.69) is 48.1 Å². The molecule has 0 bridgehead atoms. The highest BCUT2D eigenvalue weighted by molar-refractivity contribution is 9.10. The van der Waals surface area contributed by atoms with Crippen molar-refractivity contribution in [2.24, 2.45) is 0 Å². The molecule has 21 heavy (non-hydrogen) atoms. The van der Waals surface area contributed by atoms with Gasteiger partial charge in [-0.1, -0.05) is 22.9 Å². The number of aryl methyl sites for hydroxylation is 2. The molecule has 1 atom stereocenters. The van der Waals surface area contributed by atoms with E-state index in [1.165, 1.54) is 21.4 Å². The molecule has 0 spiro atoms. The van der Waals surface area contributed by atoms with E-state index in [0.29, 0.717) is 0 Å². The Morgan fingerprint density at radius 3 is 2.67 bits per heavy atom. The fourth-order valence-corrected chi connectivity index (χ4v) is 3.81. The van der Waals surface area contributed by atoms with Crippen LogP contribution in [0.2, 0.25) is 0 Å². The lowest BCUT2D eigenvalue weighted by molar-refractivity contribution is 0.533. The minimum Gasteiger partial charge on any atom is -0.309 e. The van der Waals surface area contributed by atoms with E-state index in [1.54, 1.807) is 12.1 Å². The van der Waals surface area contributed by atoms with Crippen molar-refractivity contribution in [1.82, 2.24) is 5.32 Å². The highest BCUT2D eigenvalue weighted by atomic mass is 79.9. The van der Waals surface area contributed by atoms with Crippen LogP contribution in [0.5, 0.6) is 0 Å². The van der Waals surface area contributed by atoms with Crippen LogP contribution in [0.1, 0.15) is 40.3 Å². The Bertz CT molecular complexity index is 589. The molecule has 0 aliphatic rings. The average molecular weight is 370 g/mol. The van der Waals surface area contributed by atoms with Gasteiger partial charge >= 0.3 is 0 Å². The van der Waals surface area contributed by atoms with E-state index in [1.807, 2.05) is 11.3 Å². The molecule has 1 aromatic carbocycles. The van der Waals surface area contributed by atoms with Crippen molar-refractivity contribution in [1.29, 1.82) is 0 Å². The number of nitrogens with one attached hydrogen (secondary N) is 1. The summed E-state index contributed by atoms with van der Waals surface area (Å²) in [5.41, 5.74) is 2.34. The molecule has 1 unspecified atom stereocenters. The second-order valence-corrected chi connectivity index (χ2v) is 7.48. The smallest absolute Gasteiger partial charge is 0.123 e. The molecule has 0 saturated carbocycles. The molecule has 0 fully saturated rings. The van der Waals surface area contributed by atoms with Crippen molar-refractivity contribution in [2.45, 2.75) is 39.7 Å². The summed E-state index contributed by atoms with van der Waals surface area (Å²) < 4.78 is 14.5. The van der Waals surface area contributed by atoms with Gasteiger partial charge in [-0.05, 0) is 68.6 Å². The molecule has 1 aromatic heterocycles. The van der Waals surface area contributed by atoms with Gasteiger partial charge in [0.05, 0.1) is 0 Å². The molecule has 0 radical (unpaired) electrons. The van der Waals surface area contributed by atoms with Crippen LogP contribution in [0.3, 0.4) is 0 Å². The molecular formula is C17H21BrFNS. The number of hydrogen-bond acceptors (Lipinski definition) is 2. The van der Waals surface area contributed by atoms with Gasteiger partial charge in [-0.15, -0.1) is 11.3 Å². The van der Waals surface area contributed by atoms with E-state index in [-0.39, 0.29) is 11.9 Å². The molecular weight excluding hydrogens is 349 g/mol. The Balaban J connectivity index is 2.25. The maximum absolute atomic E-state index is 13.5. The number of rotatable bonds is 6. The number of hydrogen-bond donors (Lipinski definition) is 1. The normalized spacial score (nSPS) is 12.6. The Hall–Kier alpha value is -0.710. The van der Waals surface area contributed by atoms with Gasteiger partial charge < -0.3 is 5.32 Å². The monoisotopic (exact) mass is 369 g/mol. The molecule has 2 rings (SSSR count). The Labute approximate surface area is 138 Å². The SMILES string of the molecule is CCCNC(Cc1cc(F)ccc1Br)c1cc(C)c(C)s1. The first kappa shape index (κ1) is 16.7. The first-order chi connectivity index (χ1) is 10.0. The summed E-state index contributed by atoms with van der Waals surface area (Å²) in [5, 5.41) is 3.59. The molecule has 0 saturated heterocycles. The van der Waals surface area contributed by atoms with Crippen molar-refractivity contribution < 1.29 is 4.39 Å². The Kier molecular flexibility index (Phi) is 5.97. The van der Waals surface area contributed by atoms with Crippen LogP contribution in [0, 0.1) is 19.7 Å². The minimum atomic E-state index is -0.180. The van der Waals surface area contributed by atoms with Crippen LogP contribution in [0.4, 0.5) is 4.39 Å². The minimum absolute atomic E-state index is 0.180. The average Bonchev–Trinajstić information content (AvgIpc) is 2.78. The summed E-state index contributed by atoms with van der Waals surface area (Å²) in [7, 11) is 0. The predicted molar refractivity (Wildman–Crippen MR) is 92.6 cm³/mol. The fraction of sp³-hybridized carbons (Fsp3) is 0.412. The number of halogens is 2. The maximum Gasteiger partial charge on any atom is 0.123 e. The molecule has 4 heteroatoms. The van der Waals surface area contributed by atoms with Crippen molar-refractivity contribution in [3.63, 3.8) is 0 Å². The van der Waals surface area contributed by atoms with Crippen LogP contribution >= 0.6 is 27.3 Å². The van der Waals surface area contributed by atoms with Gasteiger partial charge in [0.15, 0.2) is 0 Å². The van der Waals surface area contributed by atoms with Crippen molar-refractivity contribution >= 4 is 27.3 Å². The van der Waals surface area contributed by atoms with Gasteiger partial charge in [-0.25, -0.2) is 4.39 Å². The lowest BCUT2D eigenvalue weighted by atomic mass is 10.0. The quantitative estimate of drug-likeness (QED) is 0.703. The van der Waals surface area contributed by atoms with Gasteiger partial charge in [0, 0.05) is 20.3 Å². The highest BCUT2D eigenvalue weighted by Gasteiger charge is 2.16. The Morgan fingerprint density at radius 2 is 2.05 bits per heavy atom. The van der Waals surface area contributed by atoms with Crippen molar-refractivity contribution in [3.05, 3.63) is 55.4 Å². The van der Waals surface area contributed by atoms with Gasteiger partial charge in [0.25, 0.3) is 0 Å². The molecule has 1 N–H and O–H groups in total. The van der Waals surface area contributed by atoms with Crippen molar-refractivity contribution in [2.75, 3.05) is 6.54 Å². The molecule has 2 aromatic rings. The third kappa shape index (κ3) is 4.38. The molecule has 114 valence electrons. The molecule has 0 amide bonds. The zero-order valence-electron chi connectivity index (χ0n) is 12.7. The van der Waals surface area contributed by atoms with E-state index in [4.69, 9.17) is 0 Å². The van der Waals surface area contributed by atoms with Crippen molar-refractivity contribution in [3.8, 4) is 0 Å². The first-order valence-corrected chi connectivity index (χ1v) is 8.86. The lowest BCUT2D eigenvalue weighted by Crippen LogP contribution is -2.23. The van der Waals surface area contributed by atoms with E-state index in [0.717, 1.165) is 29.4 Å². The third-order valence-corrected chi connectivity index (χ3v) is 5.64. The van der Waals surface area contributed by atoms with E-state index in [9.17, 15) is 4.39 Å². The lowest BCUT2D eigenvalue weighted by Gasteiger charge is -2.18. The summed E-state index contributed by atoms with van der Waals surface area (Å²) in [6, 6.07) is 7.38. The van der Waals surface area contributed by atoms with Crippen LogP contribution in [-0.4, -0.2) is 6.54 Å². The van der Waals surface area contributed by atoms with E-state index < -0.39 is 0 Å². The Morgan fingerprint density at radius 1 is 1.29 bits per heavy atom. The second-order valence-electron chi connectivity index (χ2n) is 5.33. The predicted octanol–water partition coefficient (Wildman–Crippen LogP) is 5.55. The van der Waals surface area contributed by atoms with Gasteiger partial charge in [0.2, 0.25) is 0 Å². The summed E-state index contributed by atoms with van der Waals surface area (Å²) in [6.45, 7) is 7.42. The number of benzene rings is 1. The zero-order chi connectivity index (χ0) is 15.4. The van der Waals surface area contributed by atoms with Crippen LogP contribution < -0.4 is 5.32 Å². The summed E-state index contributed by atoms with van der Waals surface area (Å²) in [4.78, 5) is 2.68. The zero-order valence-corrected chi connectivity index (χ0v) is 15.1. The van der Waals surface area contributed by atoms with E-state index >= 15 is 0 Å². The molecule has 1 heterocycles. The second kappa shape index (κ2) is 7.52. The van der Waals surface area contributed by atoms with Gasteiger partial charge in [-0.3, -0.25) is 0 Å². The number of thiophene rings is 1. The topological polar surface area (TPSA) is 12.0 Å². The first-order valence-electron chi connectivity index (χ1n) is 7.25. The fourth-order valence-electron chi connectivity index (χ4n) is 2.29. The molecule has 0 aliphatic heterocycles. The molecule has 0 aliphatic carbocycles. The summed E-state index contributed by atoms with van der Waals surface area (Å²) in [5.74, 6) is -0.180. The maximum atomic E-state index is 13.5. The summed E-state index contributed by atoms with van der Waals surface area (Å²) >= 11 is 5.36. The molecule has 1 nitrogen and oxygen atoms in total. The van der Waals surface area contributed by atoms with Gasteiger partial charge in [-0.2, -0.15) is 0 Å². The van der Waals surface area contributed by atoms with Gasteiger partial charge in [0.1, 0.15) is 5.82 Å². The largest absolute Gasteiger partial charge is 0.309 e.